The van der Waals surface area contributed by atoms with Gasteiger partial charge in [-0.3, -0.25) is 19.4 Å². The van der Waals surface area contributed by atoms with Crippen LogP contribution < -0.4 is 10.2 Å². The van der Waals surface area contributed by atoms with E-state index in [1.54, 1.807) is 12.1 Å². The summed E-state index contributed by atoms with van der Waals surface area (Å²) < 4.78 is 5.24. The van der Waals surface area contributed by atoms with Gasteiger partial charge in [-0.2, -0.15) is 0 Å². The van der Waals surface area contributed by atoms with E-state index in [0.29, 0.717) is 17.0 Å². The summed E-state index contributed by atoms with van der Waals surface area (Å²) in [5.41, 5.74) is 2.10. The molecule has 9 heteroatoms. The Morgan fingerprint density at radius 3 is 2.51 bits per heavy atom. The van der Waals surface area contributed by atoms with Crippen molar-refractivity contribution in [2.75, 3.05) is 18.1 Å². The van der Waals surface area contributed by atoms with Crippen molar-refractivity contribution in [3.63, 3.8) is 0 Å². The van der Waals surface area contributed by atoms with Crippen molar-refractivity contribution in [1.82, 2.24) is 5.32 Å². The van der Waals surface area contributed by atoms with Crippen LogP contribution in [0.3, 0.4) is 0 Å². The molecule has 0 aliphatic carbocycles. The lowest BCUT2D eigenvalue weighted by molar-refractivity contribution is -0.139. The Morgan fingerprint density at radius 1 is 1.14 bits per heavy atom. The largest absolute Gasteiger partial charge is 0.449 e. The minimum Gasteiger partial charge on any atom is -0.449 e. The van der Waals surface area contributed by atoms with Crippen LogP contribution in [0.4, 0.5) is 5.69 Å². The van der Waals surface area contributed by atoms with Gasteiger partial charge >= 0.3 is 5.97 Å². The van der Waals surface area contributed by atoms with Crippen LogP contribution in [0.15, 0.2) is 59.6 Å². The fourth-order valence-electron chi connectivity index (χ4n) is 4.10. The van der Waals surface area contributed by atoms with Gasteiger partial charge < -0.3 is 20.1 Å². The predicted octanol–water partition coefficient (Wildman–Crippen LogP) is 2.52. The lowest BCUT2D eigenvalue weighted by Gasteiger charge is -2.27. The molecule has 1 fully saturated rings. The van der Waals surface area contributed by atoms with Crippen LogP contribution in [-0.4, -0.2) is 64.0 Å². The third-order valence-electron chi connectivity index (χ3n) is 5.59. The van der Waals surface area contributed by atoms with Crippen LogP contribution in [0, 0.1) is 0 Å². The number of rotatable bonds is 6. The Balaban J connectivity index is 1.61. The number of aliphatic hydroxyl groups is 1. The van der Waals surface area contributed by atoms with Crippen molar-refractivity contribution < 1.29 is 24.2 Å². The molecule has 0 unspecified atom stereocenters. The number of carbonyl (C=O) groups excluding carboxylic acids is 3. The molecule has 0 bridgehead atoms. The molecule has 2 aliphatic rings. The number of fused-ring (bicyclic) bond motifs is 1. The molecule has 2 aromatic carbocycles. The Morgan fingerprint density at radius 2 is 1.83 bits per heavy atom. The molecule has 0 saturated carbocycles. The van der Waals surface area contributed by atoms with Crippen molar-refractivity contribution in [1.29, 1.82) is 0 Å². The van der Waals surface area contributed by atoms with Crippen LogP contribution >= 0.6 is 11.8 Å². The fourth-order valence-corrected chi connectivity index (χ4v) is 5.28. The highest BCUT2D eigenvalue weighted by Gasteiger charge is 2.40. The summed E-state index contributed by atoms with van der Waals surface area (Å²) >= 11 is 1.47. The van der Waals surface area contributed by atoms with Gasteiger partial charge in [0.2, 0.25) is 5.91 Å². The normalized spacial score (nSPS) is 22.2. The highest BCUT2D eigenvalue weighted by molar-refractivity contribution is 8.01. The Bertz CT molecular complexity index is 1150. The Labute approximate surface area is 208 Å². The number of thioether (sulfide) groups is 1. The van der Waals surface area contributed by atoms with E-state index in [-0.39, 0.29) is 23.7 Å². The van der Waals surface area contributed by atoms with E-state index in [9.17, 15) is 19.5 Å². The predicted molar refractivity (Wildman–Crippen MR) is 136 cm³/mol. The van der Waals surface area contributed by atoms with E-state index >= 15 is 0 Å². The van der Waals surface area contributed by atoms with E-state index in [1.165, 1.54) is 16.7 Å². The summed E-state index contributed by atoms with van der Waals surface area (Å²) in [6.07, 6.45) is 0.0740. The number of nitrogens with zero attached hydrogens (tertiary/aromatic N) is 2. The number of hydrogen-bond acceptors (Lipinski definition) is 7. The second-order valence-electron chi connectivity index (χ2n) is 9.45. The summed E-state index contributed by atoms with van der Waals surface area (Å²) in [6, 6.07) is 15.1. The second-order valence-corrected chi connectivity index (χ2v) is 11.4. The zero-order valence-electron chi connectivity index (χ0n) is 19.9. The zero-order valence-corrected chi connectivity index (χ0v) is 20.7. The summed E-state index contributed by atoms with van der Waals surface area (Å²) in [4.78, 5) is 44.4. The number of anilines is 1. The van der Waals surface area contributed by atoms with Gasteiger partial charge in [0.15, 0.2) is 11.5 Å². The maximum atomic E-state index is 13.4. The molecule has 2 aromatic rings. The number of benzene rings is 2. The number of hydrogen-bond donors (Lipinski definition) is 2. The average Bonchev–Trinajstić information content (AvgIpc) is 3.09. The molecule has 35 heavy (non-hydrogen) atoms. The number of carbonyl (C=O) groups is 3. The average molecular weight is 496 g/mol. The number of aliphatic imine (C=N–C) groups is 1. The molecule has 4 rings (SSSR count). The quantitative estimate of drug-likeness (QED) is 0.597. The van der Waals surface area contributed by atoms with E-state index in [0.717, 1.165) is 5.56 Å². The lowest BCUT2D eigenvalue weighted by atomic mass is 10.0. The highest BCUT2D eigenvalue weighted by atomic mass is 32.2. The first-order valence-electron chi connectivity index (χ1n) is 11.5. The third kappa shape index (κ3) is 5.74. The summed E-state index contributed by atoms with van der Waals surface area (Å²) in [5, 5.41) is 12.8. The molecule has 2 amide bonds. The molecule has 8 nitrogen and oxygen atoms in total. The van der Waals surface area contributed by atoms with E-state index in [2.05, 4.69) is 10.3 Å². The first kappa shape index (κ1) is 24.9. The first-order valence-corrected chi connectivity index (χ1v) is 12.4. The fraction of sp³-hybridized carbons (Fsp3) is 0.385. The Hall–Kier alpha value is -3.17. The van der Waals surface area contributed by atoms with E-state index < -0.39 is 35.9 Å². The molecular weight excluding hydrogens is 466 g/mol. The van der Waals surface area contributed by atoms with Gasteiger partial charge in [-0.1, -0.05) is 69.3 Å². The molecule has 1 saturated heterocycles. The van der Waals surface area contributed by atoms with Crippen LogP contribution in [0.1, 0.15) is 38.3 Å². The molecule has 0 aromatic heterocycles. The number of cyclic esters (lactones) is 1. The SMILES string of the molecule is CC(C)(C)S[C@@H]1OC(=O)C[C@@H]1NC(=O)CN1C(=O)[C@@H](CO)N=C(c2ccccc2)c2ccccc21. The van der Waals surface area contributed by atoms with Gasteiger partial charge in [0.25, 0.3) is 5.91 Å². The van der Waals surface area contributed by atoms with E-state index in [4.69, 9.17) is 4.74 Å². The minimum atomic E-state index is -1.05. The van der Waals surface area contributed by atoms with Gasteiger partial charge in [0.05, 0.1) is 30.5 Å². The van der Waals surface area contributed by atoms with Crippen LogP contribution in [0.25, 0.3) is 0 Å². The molecular formula is C26H29N3O5S. The van der Waals surface area contributed by atoms with Crippen LogP contribution in [-0.2, 0) is 19.1 Å². The highest BCUT2D eigenvalue weighted by Crippen LogP contribution is 2.35. The molecule has 2 heterocycles. The van der Waals surface area contributed by atoms with Crippen LogP contribution in [0.2, 0.25) is 0 Å². The van der Waals surface area contributed by atoms with Crippen molar-refractivity contribution >= 4 is 40.9 Å². The van der Waals surface area contributed by atoms with Gasteiger partial charge in [-0.15, -0.1) is 11.8 Å². The molecule has 3 atom stereocenters. The minimum absolute atomic E-state index is 0.0740. The number of aliphatic hydroxyl groups excluding tert-OH is 1. The smallest absolute Gasteiger partial charge is 0.309 e. The number of amides is 2. The molecule has 184 valence electrons. The van der Waals surface area contributed by atoms with Gasteiger partial charge in [-0.25, -0.2) is 0 Å². The second kappa shape index (κ2) is 10.2. The number of benzodiazepines with no additional fused rings is 1. The van der Waals surface area contributed by atoms with Gasteiger partial charge in [0.1, 0.15) is 6.54 Å². The summed E-state index contributed by atoms with van der Waals surface area (Å²) in [5.74, 6) is -1.26. The number of nitrogens with one attached hydrogen (secondary N) is 1. The maximum absolute atomic E-state index is 13.4. The molecule has 0 spiro atoms. The number of para-hydroxylation sites is 1. The number of ether oxygens (including phenoxy) is 1. The van der Waals surface area contributed by atoms with E-state index in [1.807, 2.05) is 63.2 Å². The topological polar surface area (TPSA) is 108 Å². The summed E-state index contributed by atoms with van der Waals surface area (Å²) in [7, 11) is 0. The van der Waals surface area contributed by atoms with Crippen molar-refractivity contribution in [3.8, 4) is 0 Å². The lowest BCUT2D eigenvalue weighted by Crippen LogP contribution is -2.49. The van der Waals surface area contributed by atoms with Crippen molar-refractivity contribution in [3.05, 3.63) is 65.7 Å². The number of esters is 1. The first-order chi connectivity index (χ1) is 16.7. The Kier molecular flexibility index (Phi) is 7.28. The van der Waals surface area contributed by atoms with Crippen LogP contribution in [0.5, 0.6) is 0 Å². The van der Waals surface area contributed by atoms with Gasteiger partial charge in [-0.05, 0) is 6.07 Å². The third-order valence-corrected chi connectivity index (χ3v) is 6.95. The van der Waals surface area contributed by atoms with Crippen molar-refractivity contribution in [2.24, 2.45) is 4.99 Å². The van der Waals surface area contributed by atoms with Crippen molar-refractivity contribution in [2.45, 2.75) is 49.5 Å². The molecule has 0 radical (unpaired) electrons. The standard InChI is InChI=1S/C26H29N3O5S/c1-26(2,3)35-25-18(13-22(32)34-25)27-21(31)14-29-20-12-8-7-11-17(20)23(16-9-5-4-6-10-16)28-19(15-30)24(29)33/h4-12,18-19,25,30H,13-15H2,1-3H3,(H,27,31)/t18-,19+,25-/m0/s1. The zero-order chi connectivity index (χ0) is 25.2. The van der Waals surface area contributed by atoms with Gasteiger partial charge in [0, 0.05) is 15.9 Å². The molecule has 2 aliphatic heterocycles. The summed E-state index contributed by atoms with van der Waals surface area (Å²) in [6.45, 7) is 5.26. The maximum Gasteiger partial charge on any atom is 0.309 e. The molecule has 2 N–H and O–H groups in total. The monoisotopic (exact) mass is 495 g/mol.